The van der Waals surface area contributed by atoms with Crippen LogP contribution in [0.3, 0.4) is 0 Å². The largest absolute Gasteiger partial charge is 0.352 e. The Morgan fingerprint density at radius 3 is 2.10 bits per heavy atom. The summed E-state index contributed by atoms with van der Waals surface area (Å²) in [6.45, 7) is 11.0. The van der Waals surface area contributed by atoms with Gasteiger partial charge in [-0.05, 0) is 75.9 Å². The molecule has 39 heavy (non-hydrogen) atoms. The number of hydrogen-bond acceptors (Lipinski definition) is 4. The summed E-state index contributed by atoms with van der Waals surface area (Å²) >= 11 is 0. The van der Waals surface area contributed by atoms with Gasteiger partial charge in [0.2, 0.25) is 11.8 Å². The Labute approximate surface area is 232 Å². The normalized spacial score (nSPS) is 12.2. The molecule has 3 aromatic carbocycles. The van der Waals surface area contributed by atoms with Crippen LogP contribution in [0.15, 0.2) is 77.7 Å². The van der Waals surface area contributed by atoms with Crippen LogP contribution in [-0.4, -0.2) is 43.8 Å². The lowest BCUT2D eigenvalue weighted by atomic mass is 10.1. The number of hydrogen-bond donors (Lipinski definition) is 1. The molecule has 0 saturated heterocycles. The van der Waals surface area contributed by atoms with E-state index in [4.69, 9.17) is 0 Å². The fourth-order valence-corrected chi connectivity index (χ4v) is 6.09. The van der Waals surface area contributed by atoms with Crippen molar-refractivity contribution in [1.29, 1.82) is 0 Å². The smallest absolute Gasteiger partial charge is 0.264 e. The minimum atomic E-state index is -4.09. The summed E-state index contributed by atoms with van der Waals surface area (Å²) in [7, 11) is -4.09. The van der Waals surface area contributed by atoms with E-state index in [9.17, 15) is 18.0 Å². The van der Waals surface area contributed by atoms with Gasteiger partial charge in [0.05, 0.1) is 10.6 Å². The lowest BCUT2D eigenvalue weighted by molar-refractivity contribution is -0.140. The van der Waals surface area contributed by atoms with Gasteiger partial charge in [0.1, 0.15) is 12.6 Å². The number of aryl methyl sites for hydroxylation is 3. The molecule has 3 aromatic rings. The summed E-state index contributed by atoms with van der Waals surface area (Å²) in [5.74, 6) is -0.720. The lowest BCUT2D eigenvalue weighted by Gasteiger charge is -2.34. The molecule has 1 atom stereocenters. The van der Waals surface area contributed by atoms with Crippen LogP contribution in [0, 0.1) is 20.8 Å². The Morgan fingerprint density at radius 2 is 1.51 bits per heavy atom. The number of amides is 2. The zero-order valence-corrected chi connectivity index (χ0v) is 24.5. The predicted molar refractivity (Wildman–Crippen MR) is 156 cm³/mol. The van der Waals surface area contributed by atoms with Crippen LogP contribution < -0.4 is 9.62 Å². The molecule has 2 amide bonds. The van der Waals surface area contributed by atoms with Crippen LogP contribution in [0.25, 0.3) is 0 Å². The molecule has 0 unspecified atom stereocenters. The fraction of sp³-hybridized carbons (Fsp3) is 0.355. The van der Waals surface area contributed by atoms with E-state index in [1.165, 1.54) is 17.0 Å². The van der Waals surface area contributed by atoms with Crippen molar-refractivity contribution in [2.24, 2.45) is 0 Å². The number of nitrogens with zero attached hydrogens (tertiary/aromatic N) is 2. The summed E-state index contributed by atoms with van der Waals surface area (Å²) in [6.07, 6.45) is 0.380. The van der Waals surface area contributed by atoms with E-state index in [0.717, 1.165) is 26.6 Å². The van der Waals surface area contributed by atoms with Gasteiger partial charge in [0.15, 0.2) is 0 Å². The average Bonchev–Trinajstić information content (AvgIpc) is 2.88. The molecule has 0 aliphatic rings. The number of sulfonamides is 1. The number of carbonyl (C=O) groups is 2. The van der Waals surface area contributed by atoms with Gasteiger partial charge in [0, 0.05) is 12.6 Å². The van der Waals surface area contributed by atoms with E-state index in [2.05, 4.69) is 5.32 Å². The van der Waals surface area contributed by atoms with Crippen LogP contribution in [0.1, 0.15) is 49.4 Å². The third-order valence-electron chi connectivity index (χ3n) is 6.65. The maximum Gasteiger partial charge on any atom is 0.264 e. The average molecular weight is 550 g/mol. The van der Waals surface area contributed by atoms with Gasteiger partial charge in [-0.3, -0.25) is 13.9 Å². The Morgan fingerprint density at radius 1 is 0.872 bits per heavy atom. The van der Waals surface area contributed by atoms with E-state index in [-0.39, 0.29) is 23.4 Å². The highest BCUT2D eigenvalue weighted by Crippen LogP contribution is 2.28. The molecule has 0 aliphatic heterocycles. The number of carbonyl (C=O) groups excluding carboxylic acids is 2. The molecule has 0 bridgehead atoms. The first-order chi connectivity index (χ1) is 18.4. The maximum atomic E-state index is 14.1. The van der Waals surface area contributed by atoms with E-state index in [1.807, 2.05) is 77.9 Å². The number of rotatable bonds is 11. The van der Waals surface area contributed by atoms with E-state index in [0.29, 0.717) is 12.1 Å². The molecule has 3 rings (SSSR count). The Balaban J connectivity index is 2.10. The molecule has 0 aromatic heterocycles. The molecule has 0 saturated carbocycles. The number of benzene rings is 3. The van der Waals surface area contributed by atoms with Gasteiger partial charge in [-0.2, -0.15) is 0 Å². The van der Waals surface area contributed by atoms with Crippen LogP contribution in [-0.2, 0) is 26.2 Å². The molecule has 0 fully saturated rings. The fourth-order valence-electron chi connectivity index (χ4n) is 4.59. The molecular weight excluding hydrogens is 510 g/mol. The van der Waals surface area contributed by atoms with Crippen LogP contribution in [0.4, 0.5) is 5.69 Å². The van der Waals surface area contributed by atoms with Crippen LogP contribution in [0.5, 0.6) is 0 Å². The Bertz CT molecular complexity index is 1400. The van der Waals surface area contributed by atoms with E-state index >= 15 is 0 Å². The maximum absolute atomic E-state index is 14.1. The topological polar surface area (TPSA) is 86.8 Å². The minimum absolute atomic E-state index is 0.0906. The lowest BCUT2D eigenvalue weighted by Crippen LogP contribution is -2.53. The highest BCUT2D eigenvalue weighted by Gasteiger charge is 2.34. The molecule has 7 nitrogen and oxygen atoms in total. The van der Waals surface area contributed by atoms with Gasteiger partial charge >= 0.3 is 0 Å². The SMILES string of the molecule is CC[C@H](C(=O)NC(C)C)N(Cc1ccccc1C)C(=O)CN(c1ccc(C)cc1C)S(=O)(=O)c1ccccc1. The van der Waals surface area contributed by atoms with Crippen molar-refractivity contribution >= 4 is 27.5 Å². The highest BCUT2D eigenvalue weighted by atomic mass is 32.2. The zero-order chi connectivity index (χ0) is 28.7. The predicted octanol–water partition coefficient (Wildman–Crippen LogP) is 5.14. The molecule has 0 radical (unpaired) electrons. The summed E-state index contributed by atoms with van der Waals surface area (Å²) in [6, 6.07) is 20.4. The van der Waals surface area contributed by atoms with Crippen LogP contribution in [0.2, 0.25) is 0 Å². The van der Waals surface area contributed by atoms with E-state index < -0.39 is 28.5 Å². The van der Waals surface area contributed by atoms with Gasteiger partial charge < -0.3 is 10.2 Å². The summed E-state index contributed by atoms with van der Waals surface area (Å²) in [5, 5.41) is 2.92. The second-order valence-electron chi connectivity index (χ2n) is 10.2. The van der Waals surface area contributed by atoms with Crippen molar-refractivity contribution in [2.45, 2.75) is 71.5 Å². The van der Waals surface area contributed by atoms with Gasteiger partial charge in [-0.1, -0.05) is 67.1 Å². The third kappa shape index (κ3) is 7.26. The van der Waals surface area contributed by atoms with Gasteiger partial charge in [0.25, 0.3) is 10.0 Å². The zero-order valence-electron chi connectivity index (χ0n) is 23.6. The third-order valence-corrected chi connectivity index (χ3v) is 8.42. The molecule has 0 spiro atoms. The van der Waals surface area contributed by atoms with Crippen molar-refractivity contribution in [3.8, 4) is 0 Å². The highest BCUT2D eigenvalue weighted by molar-refractivity contribution is 7.92. The molecule has 0 aliphatic carbocycles. The first-order valence-electron chi connectivity index (χ1n) is 13.2. The molecule has 8 heteroatoms. The van der Waals surface area contributed by atoms with Crippen molar-refractivity contribution in [3.05, 3.63) is 95.1 Å². The second kappa shape index (κ2) is 12.9. The Hall–Kier alpha value is -3.65. The van der Waals surface area contributed by atoms with Crippen molar-refractivity contribution in [1.82, 2.24) is 10.2 Å². The van der Waals surface area contributed by atoms with E-state index in [1.54, 1.807) is 24.3 Å². The second-order valence-corrected chi connectivity index (χ2v) is 12.0. The molecular formula is C31H39N3O4S. The summed E-state index contributed by atoms with van der Waals surface area (Å²) in [5.41, 5.74) is 4.02. The minimum Gasteiger partial charge on any atom is -0.352 e. The molecule has 0 heterocycles. The number of nitrogens with one attached hydrogen (secondary N) is 1. The molecule has 1 N–H and O–H groups in total. The van der Waals surface area contributed by atoms with Crippen molar-refractivity contribution < 1.29 is 18.0 Å². The first-order valence-corrected chi connectivity index (χ1v) is 14.7. The quantitative estimate of drug-likeness (QED) is 0.359. The van der Waals surface area contributed by atoms with Crippen molar-refractivity contribution in [2.75, 3.05) is 10.8 Å². The van der Waals surface area contributed by atoms with Crippen LogP contribution >= 0.6 is 0 Å². The number of anilines is 1. The van der Waals surface area contributed by atoms with Crippen molar-refractivity contribution in [3.63, 3.8) is 0 Å². The standard InChI is InChI=1S/C31H39N3O4S/c1-7-28(31(36)32-22(2)3)33(20-26-14-12-11-13-24(26)5)30(35)21-34(29-18-17-23(4)19-25(29)6)39(37,38)27-15-9-8-10-16-27/h8-19,22,28H,7,20-21H2,1-6H3,(H,32,36)/t28-/m1/s1. The summed E-state index contributed by atoms with van der Waals surface area (Å²) < 4.78 is 29.0. The molecule has 208 valence electrons. The summed E-state index contributed by atoms with van der Waals surface area (Å²) in [4.78, 5) is 29.0. The first kappa shape index (κ1) is 29.9. The van der Waals surface area contributed by atoms with Gasteiger partial charge in [-0.15, -0.1) is 0 Å². The van der Waals surface area contributed by atoms with Gasteiger partial charge in [-0.25, -0.2) is 8.42 Å². The monoisotopic (exact) mass is 549 g/mol. The Kier molecular flexibility index (Phi) is 9.92.